The Balaban J connectivity index is 1.59. The van der Waals surface area contributed by atoms with Crippen LogP contribution in [0, 0.1) is 0 Å². The van der Waals surface area contributed by atoms with Crippen LogP contribution in [0.3, 0.4) is 0 Å². The van der Waals surface area contributed by atoms with E-state index in [1.807, 2.05) is 34.9 Å². The lowest BCUT2D eigenvalue weighted by Crippen LogP contribution is -2.50. The molecule has 0 aliphatic carbocycles. The van der Waals surface area contributed by atoms with Gasteiger partial charge in [0.1, 0.15) is 0 Å². The Labute approximate surface area is 145 Å². The van der Waals surface area contributed by atoms with Crippen LogP contribution in [-0.2, 0) is 20.8 Å². The topological polar surface area (TPSA) is 69.7 Å². The Morgan fingerprint density at radius 3 is 2.46 bits per heavy atom. The summed E-state index contributed by atoms with van der Waals surface area (Å²) in [7, 11) is 0. The van der Waals surface area contributed by atoms with E-state index in [1.165, 1.54) is 11.8 Å². The largest absolute Gasteiger partial charge is 0.339 e. The van der Waals surface area contributed by atoms with E-state index in [0.717, 1.165) is 16.1 Å². The van der Waals surface area contributed by atoms with Gasteiger partial charge in [0.25, 0.3) is 0 Å². The van der Waals surface area contributed by atoms with Gasteiger partial charge in [0, 0.05) is 37.5 Å². The van der Waals surface area contributed by atoms with Crippen LogP contribution >= 0.6 is 11.8 Å². The molecule has 2 heterocycles. The summed E-state index contributed by atoms with van der Waals surface area (Å²) in [6.45, 7) is 4.24. The van der Waals surface area contributed by atoms with Crippen molar-refractivity contribution in [3.8, 4) is 0 Å². The Bertz CT molecular complexity index is 669. The zero-order valence-corrected chi connectivity index (χ0v) is 14.5. The average Bonchev–Trinajstić information content (AvgIpc) is 2.60. The van der Waals surface area contributed by atoms with Gasteiger partial charge in [-0.2, -0.15) is 0 Å². The van der Waals surface area contributed by atoms with E-state index >= 15 is 0 Å². The molecule has 0 spiro atoms. The Kier molecular flexibility index (Phi) is 5.08. The summed E-state index contributed by atoms with van der Waals surface area (Å²) in [5.74, 6) is 0.637. The zero-order valence-electron chi connectivity index (χ0n) is 13.7. The predicted molar refractivity (Wildman–Crippen MR) is 93.0 cm³/mol. The smallest absolute Gasteiger partial charge is 0.234 e. The fourth-order valence-corrected chi connectivity index (χ4v) is 3.74. The molecule has 0 aromatic heterocycles. The molecule has 1 aromatic carbocycles. The van der Waals surface area contributed by atoms with Gasteiger partial charge in [0.2, 0.25) is 17.7 Å². The fraction of sp³-hybridized carbons (Fsp3) is 0.471. The molecular formula is C17H21N3O3S. The van der Waals surface area contributed by atoms with Crippen molar-refractivity contribution in [2.45, 2.75) is 24.7 Å². The minimum atomic E-state index is -0.00677. The van der Waals surface area contributed by atoms with Gasteiger partial charge in [-0.1, -0.05) is 13.0 Å². The molecule has 6 nitrogen and oxygen atoms in total. The number of piperazine rings is 1. The summed E-state index contributed by atoms with van der Waals surface area (Å²) < 4.78 is 0. The lowest BCUT2D eigenvalue weighted by atomic mass is 10.1. The first kappa shape index (κ1) is 16.8. The number of anilines is 1. The monoisotopic (exact) mass is 347 g/mol. The van der Waals surface area contributed by atoms with Gasteiger partial charge in [0.05, 0.1) is 17.9 Å². The van der Waals surface area contributed by atoms with E-state index in [2.05, 4.69) is 5.32 Å². The maximum Gasteiger partial charge on any atom is 0.234 e. The van der Waals surface area contributed by atoms with Crippen molar-refractivity contribution < 1.29 is 14.4 Å². The van der Waals surface area contributed by atoms with E-state index in [-0.39, 0.29) is 17.7 Å². The molecule has 3 amide bonds. The van der Waals surface area contributed by atoms with Gasteiger partial charge in [-0.05, 0) is 17.7 Å². The first-order valence-electron chi connectivity index (χ1n) is 8.18. The molecule has 0 radical (unpaired) electrons. The number of nitrogens with zero attached hydrogens (tertiary/aromatic N) is 2. The molecule has 24 heavy (non-hydrogen) atoms. The molecule has 1 saturated heterocycles. The zero-order chi connectivity index (χ0) is 17.1. The number of carbonyl (C=O) groups excluding carboxylic acids is 3. The van der Waals surface area contributed by atoms with Gasteiger partial charge in [0.15, 0.2) is 0 Å². The van der Waals surface area contributed by atoms with Crippen molar-refractivity contribution in [3.05, 3.63) is 23.8 Å². The first-order valence-corrected chi connectivity index (χ1v) is 9.16. The molecule has 0 saturated carbocycles. The molecule has 2 aliphatic heterocycles. The normalized spacial score (nSPS) is 17.3. The first-order chi connectivity index (χ1) is 11.6. The van der Waals surface area contributed by atoms with E-state index in [1.54, 1.807) is 0 Å². The third-order valence-corrected chi connectivity index (χ3v) is 5.39. The maximum absolute atomic E-state index is 12.5. The molecule has 0 unspecified atom stereocenters. The Morgan fingerprint density at radius 2 is 1.79 bits per heavy atom. The number of fused-ring (bicyclic) bond motifs is 1. The lowest BCUT2D eigenvalue weighted by Gasteiger charge is -2.34. The van der Waals surface area contributed by atoms with Crippen LogP contribution in [-0.4, -0.2) is 59.5 Å². The van der Waals surface area contributed by atoms with E-state index in [0.29, 0.717) is 44.8 Å². The van der Waals surface area contributed by atoms with Crippen molar-refractivity contribution >= 4 is 35.2 Å². The van der Waals surface area contributed by atoms with Crippen LogP contribution < -0.4 is 5.32 Å². The van der Waals surface area contributed by atoms with E-state index in [9.17, 15) is 14.4 Å². The summed E-state index contributed by atoms with van der Waals surface area (Å²) in [6, 6.07) is 5.78. The highest BCUT2D eigenvalue weighted by molar-refractivity contribution is 8.00. The predicted octanol–water partition coefficient (Wildman–Crippen LogP) is 1.35. The molecule has 7 heteroatoms. The number of nitrogens with one attached hydrogen (secondary N) is 1. The van der Waals surface area contributed by atoms with Crippen LogP contribution in [0.2, 0.25) is 0 Å². The second kappa shape index (κ2) is 7.25. The minimum absolute atomic E-state index is 0.00677. The van der Waals surface area contributed by atoms with Crippen molar-refractivity contribution in [1.82, 2.24) is 9.80 Å². The van der Waals surface area contributed by atoms with Gasteiger partial charge >= 0.3 is 0 Å². The van der Waals surface area contributed by atoms with Crippen molar-refractivity contribution in [3.63, 3.8) is 0 Å². The Morgan fingerprint density at radius 1 is 1.12 bits per heavy atom. The van der Waals surface area contributed by atoms with Crippen LogP contribution in [0.5, 0.6) is 0 Å². The summed E-state index contributed by atoms with van der Waals surface area (Å²) in [6.07, 6.45) is 0.822. The lowest BCUT2D eigenvalue weighted by molar-refractivity contribution is -0.139. The molecule has 0 atom stereocenters. The second-order valence-electron chi connectivity index (χ2n) is 5.96. The fourth-order valence-electron chi connectivity index (χ4n) is 2.96. The number of carbonyl (C=O) groups is 3. The number of amides is 3. The molecule has 3 rings (SSSR count). The molecular weight excluding hydrogens is 326 g/mol. The number of rotatable bonds is 3. The molecule has 0 bridgehead atoms. The molecule has 1 aromatic rings. The van der Waals surface area contributed by atoms with Crippen molar-refractivity contribution in [1.29, 1.82) is 0 Å². The highest BCUT2D eigenvalue weighted by atomic mass is 32.2. The quantitative estimate of drug-likeness (QED) is 0.896. The number of hydrogen-bond acceptors (Lipinski definition) is 4. The van der Waals surface area contributed by atoms with Crippen LogP contribution in [0.1, 0.15) is 18.9 Å². The van der Waals surface area contributed by atoms with Gasteiger partial charge in [-0.3, -0.25) is 14.4 Å². The van der Waals surface area contributed by atoms with Gasteiger partial charge in [-0.15, -0.1) is 11.8 Å². The Hall–Kier alpha value is -2.02. The minimum Gasteiger partial charge on any atom is -0.339 e. The second-order valence-corrected chi connectivity index (χ2v) is 6.98. The van der Waals surface area contributed by atoms with E-state index < -0.39 is 0 Å². The number of thioether (sulfide) groups is 1. The summed E-state index contributed by atoms with van der Waals surface area (Å²) >= 11 is 1.51. The van der Waals surface area contributed by atoms with Gasteiger partial charge < -0.3 is 15.1 Å². The third-order valence-electron chi connectivity index (χ3n) is 4.32. The van der Waals surface area contributed by atoms with Crippen LogP contribution in [0.25, 0.3) is 0 Å². The highest BCUT2D eigenvalue weighted by Crippen LogP contribution is 2.32. The molecule has 128 valence electrons. The molecule has 2 aliphatic rings. The highest BCUT2D eigenvalue weighted by Gasteiger charge is 2.23. The van der Waals surface area contributed by atoms with Crippen LogP contribution in [0.15, 0.2) is 23.1 Å². The SMILES string of the molecule is CCC(=O)N1CCN(C(=O)Cc2ccc3c(c2)NC(=O)CS3)CC1. The van der Waals surface area contributed by atoms with Crippen LogP contribution in [0.4, 0.5) is 5.69 Å². The number of hydrogen-bond donors (Lipinski definition) is 1. The third kappa shape index (κ3) is 3.72. The molecule has 1 fully saturated rings. The molecule has 1 N–H and O–H groups in total. The summed E-state index contributed by atoms with van der Waals surface area (Å²) in [4.78, 5) is 40.3. The van der Waals surface area contributed by atoms with Crippen molar-refractivity contribution in [2.75, 3.05) is 37.2 Å². The summed E-state index contributed by atoms with van der Waals surface area (Å²) in [5, 5.41) is 2.85. The number of benzene rings is 1. The summed E-state index contributed by atoms with van der Waals surface area (Å²) in [5.41, 5.74) is 1.69. The van der Waals surface area contributed by atoms with Gasteiger partial charge in [-0.25, -0.2) is 0 Å². The average molecular weight is 347 g/mol. The standard InChI is InChI=1S/C17H21N3O3S/c1-2-16(22)19-5-7-20(8-6-19)17(23)10-12-3-4-14-13(9-12)18-15(21)11-24-14/h3-4,9H,2,5-8,10-11H2,1H3,(H,18,21). The van der Waals surface area contributed by atoms with E-state index in [4.69, 9.17) is 0 Å². The van der Waals surface area contributed by atoms with Crippen molar-refractivity contribution in [2.24, 2.45) is 0 Å². The maximum atomic E-state index is 12.5.